The summed E-state index contributed by atoms with van der Waals surface area (Å²) in [6.07, 6.45) is -3.52. The Balaban J connectivity index is 1.52. The van der Waals surface area contributed by atoms with Crippen molar-refractivity contribution in [2.24, 2.45) is 0 Å². The third kappa shape index (κ3) is 6.61. The van der Waals surface area contributed by atoms with Gasteiger partial charge < -0.3 is 9.47 Å². The monoisotopic (exact) mass is 538 g/mol. The van der Waals surface area contributed by atoms with Gasteiger partial charge in [-0.2, -0.15) is 13.2 Å². The van der Waals surface area contributed by atoms with Gasteiger partial charge in [-0.3, -0.25) is 9.59 Å². The number of carbonyl (C=O) groups is 2. The number of thiophene rings is 1. The molecule has 0 radical (unpaired) electrons. The lowest BCUT2D eigenvalue weighted by molar-refractivity contribution is -0.137. The smallest absolute Gasteiger partial charge is 0.345 e. The summed E-state index contributed by atoms with van der Waals surface area (Å²) in [7, 11) is 1.79. The Labute approximate surface area is 224 Å². The highest BCUT2D eigenvalue weighted by Gasteiger charge is 2.30. The maximum Gasteiger partial charge on any atom is 0.416 e. The lowest BCUT2D eigenvalue weighted by Crippen LogP contribution is -2.29. The highest BCUT2D eigenvalue weighted by atomic mass is 32.1. The van der Waals surface area contributed by atoms with Crippen molar-refractivity contribution < 1.29 is 22.8 Å². The van der Waals surface area contributed by atoms with Crippen molar-refractivity contribution in [1.82, 2.24) is 9.47 Å². The third-order valence-electron chi connectivity index (χ3n) is 6.56. The Hall–Kier alpha value is -3.65. The van der Waals surface area contributed by atoms with E-state index in [0.29, 0.717) is 37.1 Å². The number of halogens is 3. The number of carbonyl (C=O) groups excluding carboxylic acids is 2. The third-order valence-corrected chi connectivity index (χ3v) is 7.44. The second kappa shape index (κ2) is 11.8. The van der Waals surface area contributed by atoms with E-state index >= 15 is 0 Å². The minimum Gasteiger partial charge on any atom is -0.345 e. The largest absolute Gasteiger partial charge is 0.416 e. The predicted molar refractivity (Wildman–Crippen MR) is 144 cm³/mol. The minimum absolute atomic E-state index is 0.0527. The van der Waals surface area contributed by atoms with Crippen LogP contribution in [0, 0.1) is 6.92 Å². The Bertz CT molecular complexity index is 1390. The minimum atomic E-state index is -4.46. The van der Waals surface area contributed by atoms with Crippen LogP contribution >= 0.6 is 11.3 Å². The highest BCUT2D eigenvalue weighted by Crippen LogP contribution is 2.31. The number of ketones is 1. The Morgan fingerprint density at radius 2 is 1.71 bits per heavy atom. The molecule has 2 aromatic heterocycles. The molecule has 0 saturated carbocycles. The first kappa shape index (κ1) is 27.4. The number of Topliss-reactive ketones (excluding diaryl/α,β-unsaturated/α-hetero) is 1. The number of rotatable bonds is 10. The van der Waals surface area contributed by atoms with E-state index in [2.05, 4.69) is 4.57 Å². The van der Waals surface area contributed by atoms with Crippen LogP contribution in [-0.2, 0) is 30.4 Å². The van der Waals surface area contributed by atoms with Crippen molar-refractivity contribution >= 4 is 23.0 Å². The zero-order valence-corrected chi connectivity index (χ0v) is 22.1. The first-order valence-corrected chi connectivity index (χ1v) is 13.2. The fraction of sp³-hybridized carbons (Fsp3) is 0.267. The molecule has 0 fully saturated rings. The fourth-order valence-corrected chi connectivity index (χ4v) is 5.19. The van der Waals surface area contributed by atoms with Crippen LogP contribution < -0.4 is 0 Å². The van der Waals surface area contributed by atoms with Crippen molar-refractivity contribution in [2.75, 3.05) is 13.6 Å². The molecule has 0 spiro atoms. The first-order valence-electron chi connectivity index (χ1n) is 12.3. The molecule has 38 heavy (non-hydrogen) atoms. The fourth-order valence-electron chi connectivity index (χ4n) is 4.49. The number of benzene rings is 2. The summed E-state index contributed by atoms with van der Waals surface area (Å²) in [6, 6.07) is 20.3. The highest BCUT2D eigenvalue weighted by molar-refractivity contribution is 7.10. The number of hydrogen-bond donors (Lipinski definition) is 0. The van der Waals surface area contributed by atoms with Gasteiger partial charge in [0.15, 0.2) is 5.78 Å². The van der Waals surface area contributed by atoms with E-state index < -0.39 is 11.7 Å². The topological polar surface area (TPSA) is 42.3 Å². The predicted octanol–water partition coefficient (Wildman–Crippen LogP) is 7.06. The van der Waals surface area contributed by atoms with Gasteiger partial charge in [0.2, 0.25) is 5.91 Å². The van der Waals surface area contributed by atoms with Gasteiger partial charge in [-0.05, 0) is 48.1 Å². The van der Waals surface area contributed by atoms with Gasteiger partial charge in [-0.1, -0.05) is 54.6 Å². The second-order valence-electron chi connectivity index (χ2n) is 9.27. The molecule has 1 amide bonds. The Kier molecular flexibility index (Phi) is 8.52. The standard InChI is InChI=1S/C30H29F3N2O2S/c1-21-26(28(36)18-22-9-6-12-24(17-22)30(31,32)33)20-27(23-10-4-3-5-11-23)35(21)15-8-14-34(2)29(37)19-25-13-7-16-38-25/h3-7,9-13,16-17,20H,8,14-15,18-19H2,1-2H3. The molecule has 4 rings (SSSR count). The van der Waals surface area contributed by atoms with Crippen molar-refractivity contribution in [3.8, 4) is 11.3 Å². The van der Waals surface area contributed by atoms with E-state index in [1.54, 1.807) is 29.4 Å². The summed E-state index contributed by atoms with van der Waals surface area (Å²) < 4.78 is 41.5. The molecular formula is C30H29F3N2O2S. The molecule has 8 heteroatoms. The Morgan fingerprint density at radius 1 is 0.947 bits per heavy atom. The van der Waals surface area contributed by atoms with Crippen molar-refractivity contribution in [3.05, 3.63) is 105 Å². The van der Waals surface area contributed by atoms with Crippen molar-refractivity contribution in [1.29, 1.82) is 0 Å². The van der Waals surface area contributed by atoms with Gasteiger partial charge in [0.05, 0.1) is 12.0 Å². The molecule has 2 aromatic carbocycles. The van der Waals surface area contributed by atoms with Crippen LogP contribution in [0.15, 0.2) is 78.2 Å². The molecule has 2 heterocycles. The van der Waals surface area contributed by atoms with E-state index in [1.807, 2.05) is 60.8 Å². The van der Waals surface area contributed by atoms with E-state index in [4.69, 9.17) is 0 Å². The summed E-state index contributed by atoms with van der Waals surface area (Å²) >= 11 is 1.56. The van der Waals surface area contributed by atoms with E-state index in [-0.39, 0.29) is 18.1 Å². The lowest BCUT2D eigenvalue weighted by Gasteiger charge is -2.18. The molecule has 0 saturated heterocycles. The Morgan fingerprint density at radius 3 is 2.39 bits per heavy atom. The van der Waals surface area contributed by atoms with Gasteiger partial charge in [0.25, 0.3) is 0 Å². The van der Waals surface area contributed by atoms with Crippen LogP contribution in [0.5, 0.6) is 0 Å². The van der Waals surface area contributed by atoms with Crippen molar-refractivity contribution in [3.63, 3.8) is 0 Å². The second-order valence-corrected chi connectivity index (χ2v) is 10.3. The summed E-state index contributed by atoms with van der Waals surface area (Å²) in [6.45, 7) is 3.00. The van der Waals surface area contributed by atoms with Gasteiger partial charge in [-0.25, -0.2) is 0 Å². The number of hydrogen-bond acceptors (Lipinski definition) is 3. The van der Waals surface area contributed by atoms with E-state index in [0.717, 1.165) is 34.0 Å². The van der Waals surface area contributed by atoms with E-state index in [9.17, 15) is 22.8 Å². The maximum absolute atomic E-state index is 13.3. The van der Waals surface area contributed by atoms with Gasteiger partial charge in [0, 0.05) is 48.4 Å². The lowest BCUT2D eigenvalue weighted by atomic mass is 10.0. The molecule has 0 atom stereocenters. The summed E-state index contributed by atoms with van der Waals surface area (Å²) in [5, 5.41) is 1.95. The van der Waals surface area contributed by atoms with Gasteiger partial charge in [-0.15, -0.1) is 11.3 Å². The molecule has 0 unspecified atom stereocenters. The van der Waals surface area contributed by atoms with Gasteiger partial charge in [0.1, 0.15) is 0 Å². The number of nitrogens with zero attached hydrogens (tertiary/aromatic N) is 2. The van der Waals surface area contributed by atoms with Crippen LogP contribution in [0.1, 0.15) is 38.5 Å². The van der Waals surface area contributed by atoms with Crippen LogP contribution in [0.25, 0.3) is 11.3 Å². The number of aromatic nitrogens is 1. The number of likely N-dealkylation sites (N-methyl/N-ethyl adjacent to an activating group) is 1. The van der Waals surface area contributed by atoms with Crippen LogP contribution in [0.3, 0.4) is 0 Å². The maximum atomic E-state index is 13.3. The molecule has 4 nitrogen and oxygen atoms in total. The molecular weight excluding hydrogens is 509 g/mol. The molecule has 4 aromatic rings. The van der Waals surface area contributed by atoms with Crippen LogP contribution in [0.4, 0.5) is 13.2 Å². The van der Waals surface area contributed by atoms with Gasteiger partial charge >= 0.3 is 6.18 Å². The van der Waals surface area contributed by atoms with E-state index in [1.165, 1.54) is 6.07 Å². The summed E-state index contributed by atoms with van der Waals surface area (Å²) in [5.74, 6) is -0.182. The van der Waals surface area contributed by atoms with Crippen molar-refractivity contribution in [2.45, 2.75) is 38.9 Å². The molecule has 0 aliphatic rings. The van der Waals surface area contributed by atoms with Crippen LogP contribution in [0.2, 0.25) is 0 Å². The molecule has 0 aliphatic carbocycles. The average molecular weight is 539 g/mol. The quantitative estimate of drug-likeness (QED) is 0.203. The normalized spacial score (nSPS) is 11.5. The number of amides is 1. The SMILES string of the molecule is Cc1c(C(=O)Cc2cccc(C(F)(F)F)c2)cc(-c2ccccc2)n1CCCN(C)C(=O)Cc1cccs1. The zero-order chi connectivity index (χ0) is 27.3. The molecule has 0 aliphatic heterocycles. The molecule has 198 valence electrons. The summed E-state index contributed by atoms with van der Waals surface area (Å²) in [5.41, 5.74) is 2.61. The van der Waals surface area contributed by atoms with Crippen LogP contribution in [-0.4, -0.2) is 34.7 Å². The number of alkyl halides is 3. The summed E-state index contributed by atoms with van der Waals surface area (Å²) in [4.78, 5) is 28.6. The molecule has 0 N–H and O–H groups in total. The molecule has 0 bridgehead atoms. The average Bonchev–Trinajstić information content (AvgIpc) is 3.52. The zero-order valence-electron chi connectivity index (χ0n) is 21.3. The first-order chi connectivity index (χ1) is 18.1.